The van der Waals surface area contributed by atoms with Crippen LogP contribution in [0, 0.1) is 0 Å². The molecule has 0 unspecified atom stereocenters. The fourth-order valence-corrected chi connectivity index (χ4v) is 3.90. The normalized spacial score (nSPS) is 13.6. The van der Waals surface area contributed by atoms with Crippen LogP contribution in [0.2, 0.25) is 0 Å². The first kappa shape index (κ1) is 22.7. The molecule has 2 amide bonds. The molecule has 2 aromatic heterocycles. The number of benzene rings is 2. The molecule has 0 atom stereocenters. The Morgan fingerprint density at radius 2 is 1.83 bits per heavy atom. The smallest absolute Gasteiger partial charge is 0.281 e. The Hall–Kier alpha value is -5.11. The van der Waals surface area contributed by atoms with Crippen LogP contribution in [-0.4, -0.2) is 28.0 Å². The van der Waals surface area contributed by atoms with E-state index in [1.807, 2.05) is 79.0 Å². The van der Waals surface area contributed by atoms with Gasteiger partial charge in [-0.15, -0.1) is 0 Å². The van der Waals surface area contributed by atoms with Crippen molar-refractivity contribution in [2.24, 2.45) is 0 Å². The molecule has 4 aromatic rings. The van der Waals surface area contributed by atoms with Gasteiger partial charge in [-0.3, -0.25) is 19.8 Å². The summed E-state index contributed by atoms with van der Waals surface area (Å²) in [6, 6.07) is 21.8. The van der Waals surface area contributed by atoms with Crippen molar-refractivity contribution in [1.82, 2.24) is 15.0 Å². The van der Waals surface area contributed by atoms with E-state index in [0.29, 0.717) is 5.57 Å². The second kappa shape index (κ2) is 10.0. The molecule has 0 aliphatic carbocycles. The van der Waals surface area contributed by atoms with Gasteiger partial charge in [-0.2, -0.15) is 0 Å². The van der Waals surface area contributed by atoms with Gasteiger partial charge in [-0.05, 0) is 54.1 Å². The van der Waals surface area contributed by atoms with Gasteiger partial charge in [0.1, 0.15) is 5.56 Å². The lowest BCUT2D eigenvalue weighted by molar-refractivity contribution is -0.110. The zero-order valence-electron chi connectivity index (χ0n) is 19.2. The van der Waals surface area contributed by atoms with Crippen molar-refractivity contribution in [2.75, 3.05) is 17.3 Å². The maximum absolute atomic E-state index is 12.7. The fraction of sp³-hybridized carbons (Fsp3) is 0.0357. The summed E-state index contributed by atoms with van der Waals surface area (Å²) >= 11 is 0. The third kappa shape index (κ3) is 4.88. The zero-order chi connectivity index (χ0) is 24.9. The lowest BCUT2D eigenvalue weighted by Gasteiger charge is -2.10. The van der Waals surface area contributed by atoms with Gasteiger partial charge in [-0.1, -0.05) is 42.5 Å². The zero-order valence-corrected chi connectivity index (χ0v) is 19.2. The second-order valence-corrected chi connectivity index (χ2v) is 8.13. The highest BCUT2D eigenvalue weighted by molar-refractivity contribution is 6.34. The number of anilines is 2. The topological polar surface area (TPSA) is 108 Å². The average Bonchev–Trinajstić information content (AvgIpc) is 3.51. The lowest BCUT2D eigenvalue weighted by Crippen LogP contribution is -2.35. The van der Waals surface area contributed by atoms with E-state index >= 15 is 0 Å². The number of nitrogens with zero attached hydrogens (tertiary/aromatic N) is 1. The summed E-state index contributed by atoms with van der Waals surface area (Å²) in [6.07, 6.45) is 8.83. The lowest BCUT2D eigenvalue weighted by atomic mass is 10.0. The number of rotatable bonds is 7. The third-order valence-corrected chi connectivity index (χ3v) is 5.65. The van der Waals surface area contributed by atoms with Crippen molar-refractivity contribution in [3.8, 4) is 0 Å². The van der Waals surface area contributed by atoms with Crippen molar-refractivity contribution >= 4 is 40.9 Å². The molecule has 0 radical (unpaired) electrons. The molecule has 36 heavy (non-hydrogen) atoms. The summed E-state index contributed by atoms with van der Waals surface area (Å²) in [4.78, 5) is 40.8. The summed E-state index contributed by atoms with van der Waals surface area (Å²) in [7, 11) is 0. The summed E-state index contributed by atoms with van der Waals surface area (Å²) in [6.45, 7) is 0.237. The maximum Gasteiger partial charge on any atom is 0.281 e. The first-order valence-corrected chi connectivity index (χ1v) is 11.4. The van der Waals surface area contributed by atoms with Crippen LogP contribution in [0.15, 0.2) is 96.1 Å². The van der Waals surface area contributed by atoms with Gasteiger partial charge in [-0.25, -0.2) is 4.68 Å². The Kier molecular flexibility index (Phi) is 6.31. The monoisotopic (exact) mass is 477 g/mol. The molecule has 8 heteroatoms. The van der Waals surface area contributed by atoms with E-state index in [1.165, 1.54) is 10.7 Å². The van der Waals surface area contributed by atoms with E-state index in [-0.39, 0.29) is 18.0 Å². The molecular weight excluding hydrogens is 454 g/mol. The largest absolute Gasteiger partial charge is 0.362 e. The number of pyridine rings is 1. The van der Waals surface area contributed by atoms with Crippen LogP contribution in [0.1, 0.15) is 27.2 Å². The van der Waals surface area contributed by atoms with Gasteiger partial charge in [0.15, 0.2) is 0 Å². The van der Waals surface area contributed by atoms with Gasteiger partial charge >= 0.3 is 0 Å². The van der Waals surface area contributed by atoms with E-state index in [2.05, 4.69) is 21.0 Å². The molecule has 0 bridgehead atoms. The van der Waals surface area contributed by atoms with Crippen LogP contribution >= 0.6 is 0 Å². The molecule has 2 aromatic carbocycles. The predicted molar refractivity (Wildman–Crippen MR) is 141 cm³/mol. The number of aromatic nitrogens is 2. The molecule has 5 rings (SSSR count). The van der Waals surface area contributed by atoms with Crippen molar-refractivity contribution in [3.05, 3.63) is 124 Å². The van der Waals surface area contributed by atoms with E-state index in [0.717, 1.165) is 28.2 Å². The van der Waals surface area contributed by atoms with Gasteiger partial charge in [0, 0.05) is 35.9 Å². The fourth-order valence-electron chi connectivity index (χ4n) is 3.90. The molecule has 178 valence electrons. The SMILES string of the molecule is O=C1Nc2cc(/C=C/CNC(=O)c3cccn(Nc4ccccc4)c3=O)ccc2/C1=C\c1ccc[nH]1. The molecule has 3 heterocycles. The molecule has 1 aliphatic rings. The molecule has 4 N–H and O–H groups in total. The molecule has 0 saturated carbocycles. The minimum absolute atomic E-state index is 0.0379. The van der Waals surface area contributed by atoms with Crippen molar-refractivity contribution in [1.29, 1.82) is 0 Å². The minimum Gasteiger partial charge on any atom is -0.362 e. The average molecular weight is 478 g/mol. The summed E-state index contributed by atoms with van der Waals surface area (Å²) < 4.78 is 1.28. The number of fused-ring (bicyclic) bond motifs is 1. The van der Waals surface area contributed by atoms with Gasteiger partial charge in [0.05, 0.1) is 11.3 Å². The number of para-hydroxylation sites is 1. The van der Waals surface area contributed by atoms with Crippen LogP contribution in [-0.2, 0) is 4.79 Å². The number of hydrogen-bond donors (Lipinski definition) is 4. The molecule has 8 nitrogen and oxygen atoms in total. The molecule has 1 aliphatic heterocycles. The van der Waals surface area contributed by atoms with Gasteiger partial charge < -0.3 is 15.6 Å². The van der Waals surface area contributed by atoms with E-state index in [4.69, 9.17) is 0 Å². The number of nitrogens with one attached hydrogen (secondary N) is 4. The Morgan fingerprint density at radius 1 is 0.972 bits per heavy atom. The van der Waals surface area contributed by atoms with Crippen LogP contribution < -0.4 is 21.6 Å². The van der Waals surface area contributed by atoms with Crippen molar-refractivity contribution in [2.45, 2.75) is 0 Å². The molecule has 0 saturated heterocycles. The first-order valence-electron chi connectivity index (χ1n) is 11.4. The Balaban J connectivity index is 1.22. The number of hydrogen-bond acceptors (Lipinski definition) is 4. The number of H-pyrrole nitrogens is 1. The van der Waals surface area contributed by atoms with E-state index in [9.17, 15) is 14.4 Å². The van der Waals surface area contributed by atoms with Crippen LogP contribution in [0.4, 0.5) is 11.4 Å². The number of carbonyl (C=O) groups excluding carboxylic acids is 2. The Bertz CT molecular complexity index is 1530. The molecule has 0 spiro atoms. The quantitative estimate of drug-likeness (QED) is 0.302. The Labute approximate surface area is 207 Å². The highest BCUT2D eigenvalue weighted by atomic mass is 16.2. The Morgan fingerprint density at radius 3 is 2.64 bits per heavy atom. The maximum atomic E-state index is 12.7. The highest BCUT2D eigenvalue weighted by Gasteiger charge is 2.24. The van der Waals surface area contributed by atoms with Crippen molar-refractivity contribution < 1.29 is 9.59 Å². The van der Waals surface area contributed by atoms with E-state index in [1.54, 1.807) is 18.3 Å². The molecule has 0 fully saturated rings. The number of amides is 2. The van der Waals surface area contributed by atoms with E-state index < -0.39 is 11.5 Å². The van der Waals surface area contributed by atoms with Crippen LogP contribution in [0.3, 0.4) is 0 Å². The highest BCUT2D eigenvalue weighted by Crippen LogP contribution is 2.33. The first-order chi connectivity index (χ1) is 17.6. The number of aromatic amines is 1. The van der Waals surface area contributed by atoms with Crippen molar-refractivity contribution in [3.63, 3.8) is 0 Å². The number of carbonyl (C=O) groups is 2. The standard InChI is InChI=1S/C28H23N5O3/c34-26(23-11-6-16-33(28(23)36)32-20-8-2-1-3-9-20)30-15-4-7-19-12-13-22-24(18-21-10-5-14-29-21)27(35)31-25(22)17-19/h1-14,16-18,29,32H,15H2,(H,30,34)(H,31,35)/b7-4+,24-18+. The minimum atomic E-state index is -0.464. The van der Waals surface area contributed by atoms with Gasteiger partial charge in [0.25, 0.3) is 17.4 Å². The molecular formula is C28H23N5O3. The van der Waals surface area contributed by atoms with Gasteiger partial charge in [0.2, 0.25) is 0 Å². The summed E-state index contributed by atoms with van der Waals surface area (Å²) in [5.74, 6) is -0.613. The predicted octanol–water partition coefficient (Wildman–Crippen LogP) is 3.99. The summed E-state index contributed by atoms with van der Waals surface area (Å²) in [5, 5.41) is 5.63. The van der Waals surface area contributed by atoms with Crippen LogP contribution in [0.25, 0.3) is 17.7 Å². The third-order valence-electron chi connectivity index (χ3n) is 5.65. The second-order valence-electron chi connectivity index (χ2n) is 8.13. The van der Waals surface area contributed by atoms with Crippen LogP contribution in [0.5, 0.6) is 0 Å². The summed E-state index contributed by atoms with van der Waals surface area (Å²) in [5.41, 5.74) is 7.20.